The molecule has 2 N–H and O–H groups in total. The molecule has 100 valence electrons. The van der Waals surface area contributed by atoms with Crippen molar-refractivity contribution >= 4 is 11.8 Å². The molecule has 18 heavy (non-hydrogen) atoms. The highest BCUT2D eigenvalue weighted by atomic mass is 32.2. The first-order chi connectivity index (χ1) is 8.61. The second-order valence-corrected chi connectivity index (χ2v) is 6.77. The molecule has 3 heteroatoms. The summed E-state index contributed by atoms with van der Waals surface area (Å²) >= 11 is 2.00. The maximum Gasteiger partial charge on any atom is 0.0246 e. The van der Waals surface area contributed by atoms with E-state index in [4.69, 9.17) is 0 Å². The van der Waals surface area contributed by atoms with Gasteiger partial charge in [0.1, 0.15) is 0 Å². The van der Waals surface area contributed by atoms with Crippen molar-refractivity contribution < 1.29 is 0 Å². The van der Waals surface area contributed by atoms with E-state index in [0.717, 1.165) is 13.1 Å². The first-order valence-corrected chi connectivity index (χ1v) is 7.73. The van der Waals surface area contributed by atoms with Crippen LogP contribution in [0.15, 0.2) is 23.1 Å². The third-order valence-corrected chi connectivity index (χ3v) is 4.75. The van der Waals surface area contributed by atoms with E-state index in [1.54, 1.807) is 5.56 Å². The second-order valence-electron chi connectivity index (χ2n) is 5.63. The Morgan fingerprint density at radius 1 is 1.33 bits per heavy atom. The van der Waals surface area contributed by atoms with Gasteiger partial charge in [-0.15, -0.1) is 11.8 Å². The number of nitrogens with one attached hydrogen (secondary N) is 2. The highest BCUT2D eigenvalue weighted by Gasteiger charge is 2.14. The lowest BCUT2D eigenvalue weighted by atomic mass is 10.0. The van der Waals surface area contributed by atoms with Crippen LogP contribution in [0.4, 0.5) is 0 Å². The minimum absolute atomic E-state index is 0.157. The van der Waals surface area contributed by atoms with Crippen molar-refractivity contribution in [3.8, 4) is 0 Å². The molecule has 1 aliphatic heterocycles. The predicted octanol–water partition coefficient (Wildman–Crippen LogP) is 2.81. The fourth-order valence-corrected chi connectivity index (χ4v) is 3.15. The third kappa shape index (κ3) is 3.74. The molecule has 2 nitrogen and oxygen atoms in total. The first kappa shape index (κ1) is 13.9. The van der Waals surface area contributed by atoms with Crippen molar-refractivity contribution in [2.75, 3.05) is 19.3 Å². The minimum atomic E-state index is 0.157. The number of hydrogen-bond acceptors (Lipinski definition) is 3. The highest BCUT2D eigenvalue weighted by molar-refractivity contribution is 7.99. The van der Waals surface area contributed by atoms with Crippen molar-refractivity contribution in [1.29, 1.82) is 0 Å². The van der Waals surface area contributed by atoms with Gasteiger partial charge >= 0.3 is 0 Å². The largest absolute Gasteiger partial charge is 0.314 e. The van der Waals surface area contributed by atoms with Gasteiger partial charge in [0.25, 0.3) is 0 Å². The molecule has 1 aromatic rings. The number of benzene rings is 1. The Balaban J connectivity index is 1.90. The number of likely N-dealkylation sites (N-methyl/N-ethyl adjacent to an activating group) is 1. The van der Waals surface area contributed by atoms with Crippen molar-refractivity contribution in [3.63, 3.8) is 0 Å². The van der Waals surface area contributed by atoms with Crippen molar-refractivity contribution in [3.05, 3.63) is 29.3 Å². The molecule has 1 aliphatic rings. The maximum atomic E-state index is 3.53. The third-order valence-electron chi connectivity index (χ3n) is 3.55. The SMILES string of the molecule is CNC(C)(C)CNCc1ccc2c(c1)CCCS2. The Kier molecular flexibility index (Phi) is 4.71. The monoisotopic (exact) mass is 264 g/mol. The van der Waals surface area contributed by atoms with Gasteiger partial charge in [0.05, 0.1) is 0 Å². The van der Waals surface area contributed by atoms with Crippen LogP contribution in [-0.2, 0) is 13.0 Å². The summed E-state index contributed by atoms with van der Waals surface area (Å²) in [4.78, 5) is 1.49. The van der Waals surface area contributed by atoms with Gasteiger partial charge in [-0.2, -0.15) is 0 Å². The van der Waals surface area contributed by atoms with Gasteiger partial charge in [-0.05, 0) is 56.7 Å². The van der Waals surface area contributed by atoms with Crippen LogP contribution >= 0.6 is 11.8 Å². The summed E-state index contributed by atoms with van der Waals surface area (Å²) in [5.74, 6) is 1.28. The van der Waals surface area contributed by atoms with Crippen LogP contribution in [0.2, 0.25) is 0 Å². The molecular weight excluding hydrogens is 240 g/mol. The van der Waals surface area contributed by atoms with Crippen LogP contribution in [0.5, 0.6) is 0 Å². The fraction of sp³-hybridized carbons (Fsp3) is 0.600. The van der Waals surface area contributed by atoms with Gasteiger partial charge in [0.2, 0.25) is 0 Å². The first-order valence-electron chi connectivity index (χ1n) is 6.75. The highest BCUT2D eigenvalue weighted by Crippen LogP contribution is 2.30. The fourth-order valence-electron chi connectivity index (χ4n) is 2.13. The Hall–Kier alpha value is -0.510. The quantitative estimate of drug-likeness (QED) is 0.855. The molecule has 0 saturated heterocycles. The summed E-state index contributed by atoms with van der Waals surface area (Å²) in [6, 6.07) is 6.93. The molecule has 0 bridgehead atoms. The van der Waals surface area contributed by atoms with Crippen molar-refractivity contribution in [1.82, 2.24) is 10.6 Å². The topological polar surface area (TPSA) is 24.1 Å². The van der Waals surface area contributed by atoms with E-state index in [1.165, 1.54) is 29.1 Å². The summed E-state index contributed by atoms with van der Waals surface area (Å²) in [7, 11) is 2.01. The second kappa shape index (κ2) is 6.09. The van der Waals surface area contributed by atoms with E-state index in [9.17, 15) is 0 Å². The molecule has 0 atom stereocenters. The minimum Gasteiger partial charge on any atom is -0.314 e. The average molecular weight is 264 g/mol. The number of hydrogen-bond donors (Lipinski definition) is 2. The molecule has 0 unspecified atom stereocenters. The zero-order valence-corrected chi connectivity index (χ0v) is 12.5. The number of thioether (sulfide) groups is 1. The van der Waals surface area contributed by atoms with Crippen LogP contribution in [0.3, 0.4) is 0 Å². The summed E-state index contributed by atoms with van der Waals surface area (Å²) < 4.78 is 0. The van der Waals surface area contributed by atoms with Crippen LogP contribution in [0.1, 0.15) is 31.4 Å². The van der Waals surface area contributed by atoms with Crippen molar-refractivity contribution in [2.45, 2.75) is 43.7 Å². The lowest BCUT2D eigenvalue weighted by Gasteiger charge is -2.24. The van der Waals surface area contributed by atoms with Gasteiger partial charge in [-0.25, -0.2) is 0 Å². The molecule has 0 aromatic heterocycles. The van der Waals surface area contributed by atoms with E-state index in [-0.39, 0.29) is 5.54 Å². The van der Waals surface area contributed by atoms with Crippen LogP contribution < -0.4 is 10.6 Å². The Morgan fingerprint density at radius 3 is 2.94 bits per heavy atom. The molecule has 0 amide bonds. The molecule has 1 aromatic carbocycles. The van der Waals surface area contributed by atoms with Crippen LogP contribution in [0.25, 0.3) is 0 Å². The van der Waals surface area contributed by atoms with Gasteiger partial charge in [0, 0.05) is 23.5 Å². The van der Waals surface area contributed by atoms with Crippen molar-refractivity contribution in [2.24, 2.45) is 0 Å². The summed E-state index contributed by atoms with van der Waals surface area (Å²) in [5, 5.41) is 6.84. The van der Waals surface area contributed by atoms with Gasteiger partial charge in [0.15, 0.2) is 0 Å². The van der Waals surface area contributed by atoms with Gasteiger partial charge in [-0.3, -0.25) is 0 Å². The number of aryl methyl sites for hydroxylation is 1. The molecule has 1 heterocycles. The van der Waals surface area contributed by atoms with E-state index in [2.05, 4.69) is 42.7 Å². The molecular formula is C15H24N2S. The standard InChI is InChI=1S/C15H24N2S/c1-15(2,16-3)11-17-10-12-6-7-14-13(9-12)5-4-8-18-14/h6-7,9,16-17H,4-5,8,10-11H2,1-3H3. The molecule has 2 rings (SSSR count). The van der Waals surface area contributed by atoms with Crippen LogP contribution in [-0.4, -0.2) is 24.9 Å². The van der Waals surface area contributed by atoms with Crippen LogP contribution in [0, 0.1) is 0 Å². The van der Waals surface area contributed by atoms with Gasteiger partial charge < -0.3 is 10.6 Å². The Bertz CT molecular complexity index is 401. The lowest BCUT2D eigenvalue weighted by Crippen LogP contribution is -2.45. The number of fused-ring (bicyclic) bond motifs is 1. The predicted molar refractivity (Wildman–Crippen MR) is 80.3 cm³/mol. The molecule has 0 fully saturated rings. The van der Waals surface area contributed by atoms with E-state index in [1.807, 2.05) is 18.8 Å². The smallest absolute Gasteiger partial charge is 0.0246 e. The molecule has 0 spiro atoms. The average Bonchev–Trinajstić information content (AvgIpc) is 2.38. The summed E-state index contributed by atoms with van der Waals surface area (Å²) in [5.41, 5.74) is 3.10. The summed E-state index contributed by atoms with van der Waals surface area (Å²) in [6.45, 7) is 6.37. The van der Waals surface area contributed by atoms with E-state index in [0.29, 0.717) is 0 Å². The Morgan fingerprint density at radius 2 is 2.17 bits per heavy atom. The lowest BCUT2D eigenvalue weighted by molar-refractivity contribution is 0.393. The molecule has 0 saturated carbocycles. The summed E-state index contributed by atoms with van der Waals surface area (Å²) in [6.07, 6.45) is 2.57. The normalized spacial score (nSPS) is 15.5. The molecule has 0 aliphatic carbocycles. The Labute approximate surface area is 115 Å². The number of rotatable bonds is 5. The molecule has 0 radical (unpaired) electrons. The van der Waals surface area contributed by atoms with E-state index >= 15 is 0 Å². The van der Waals surface area contributed by atoms with E-state index < -0.39 is 0 Å². The zero-order chi connectivity index (χ0) is 13.0. The van der Waals surface area contributed by atoms with Gasteiger partial charge in [-0.1, -0.05) is 12.1 Å². The zero-order valence-electron chi connectivity index (χ0n) is 11.7. The maximum absolute atomic E-state index is 3.53.